The fourth-order valence-corrected chi connectivity index (χ4v) is 7.42. The van der Waals surface area contributed by atoms with Crippen molar-refractivity contribution in [3.05, 3.63) is 71.2 Å². The Hall–Kier alpha value is -2.18. The van der Waals surface area contributed by atoms with Crippen LogP contribution in [0.4, 0.5) is 11.4 Å². The molecule has 0 aromatic heterocycles. The van der Waals surface area contributed by atoms with E-state index in [1.54, 1.807) is 0 Å². The van der Waals surface area contributed by atoms with Crippen molar-refractivity contribution >= 4 is 34.9 Å². The van der Waals surface area contributed by atoms with Crippen LogP contribution in [0.25, 0.3) is 0 Å². The lowest BCUT2D eigenvalue weighted by molar-refractivity contribution is 0.333. The van der Waals surface area contributed by atoms with E-state index in [4.69, 9.17) is 0 Å². The van der Waals surface area contributed by atoms with Gasteiger partial charge in [-0.15, -0.1) is 0 Å². The molecule has 2 heterocycles. The van der Waals surface area contributed by atoms with Crippen LogP contribution in [0.5, 0.6) is 0 Å². The maximum atomic E-state index is 10.8. The fourth-order valence-electron chi connectivity index (χ4n) is 4.63. The van der Waals surface area contributed by atoms with Crippen LogP contribution in [0.1, 0.15) is 26.7 Å². The van der Waals surface area contributed by atoms with Crippen LogP contribution in [-0.2, 0) is 0 Å². The van der Waals surface area contributed by atoms with Crippen LogP contribution in [-0.4, -0.2) is 34.1 Å². The average Bonchev–Trinajstić information content (AvgIpc) is 3.32. The van der Waals surface area contributed by atoms with E-state index in [-0.39, 0.29) is 10.7 Å². The molecule has 4 nitrogen and oxygen atoms in total. The van der Waals surface area contributed by atoms with Gasteiger partial charge in [0.25, 0.3) is 0 Å². The molecule has 2 aromatic carbocycles. The molecule has 2 N–H and O–H groups in total. The van der Waals surface area contributed by atoms with Gasteiger partial charge in [0.2, 0.25) is 0 Å². The Bertz CT molecular complexity index is 954. The largest absolute Gasteiger partial charge is 0.507 e. The second-order valence-corrected chi connectivity index (χ2v) is 10.2. The van der Waals surface area contributed by atoms with Gasteiger partial charge in [-0.1, -0.05) is 47.8 Å². The maximum Gasteiger partial charge on any atom is 0.129 e. The number of allylic oxidation sites excluding steroid dienone is 2. The molecule has 0 saturated carbocycles. The summed E-state index contributed by atoms with van der Waals surface area (Å²) in [6, 6.07) is 16.9. The minimum atomic E-state index is 0.200. The second kappa shape index (κ2) is 7.82. The van der Waals surface area contributed by atoms with E-state index in [2.05, 4.69) is 72.2 Å². The van der Waals surface area contributed by atoms with Gasteiger partial charge in [0.15, 0.2) is 0 Å². The third-order valence-corrected chi connectivity index (χ3v) is 8.74. The van der Waals surface area contributed by atoms with Crippen molar-refractivity contribution in [1.29, 1.82) is 0 Å². The SMILES string of the molecule is CCN1c2ccccc2SC1CC1=C(O)C(CC2Sc3ccccc3N2CC)=C1O. The molecule has 0 bridgehead atoms. The Balaban J connectivity index is 1.30. The average molecular weight is 439 g/mol. The number of benzene rings is 2. The van der Waals surface area contributed by atoms with Crippen LogP contribution < -0.4 is 9.80 Å². The minimum Gasteiger partial charge on any atom is -0.507 e. The molecule has 1 aliphatic carbocycles. The maximum absolute atomic E-state index is 10.8. The zero-order valence-electron chi connectivity index (χ0n) is 17.2. The van der Waals surface area contributed by atoms with Crippen molar-refractivity contribution in [2.45, 2.75) is 47.2 Å². The summed E-state index contributed by atoms with van der Waals surface area (Å²) in [4.78, 5) is 7.25. The minimum absolute atomic E-state index is 0.200. The van der Waals surface area contributed by atoms with E-state index in [1.165, 1.54) is 21.2 Å². The molecule has 5 rings (SSSR count). The second-order valence-electron chi connectivity index (χ2n) is 7.72. The van der Waals surface area contributed by atoms with E-state index >= 15 is 0 Å². The molecule has 2 aromatic rings. The van der Waals surface area contributed by atoms with Gasteiger partial charge in [-0.3, -0.25) is 0 Å². The monoisotopic (exact) mass is 438 g/mol. The molecule has 2 atom stereocenters. The van der Waals surface area contributed by atoms with Gasteiger partial charge in [0, 0.05) is 46.9 Å². The van der Waals surface area contributed by atoms with Crippen molar-refractivity contribution < 1.29 is 10.2 Å². The van der Waals surface area contributed by atoms with Crippen LogP contribution in [0.15, 0.2) is 81.0 Å². The number of rotatable bonds is 6. The number of hydrogen-bond donors (Lipinski definition) is 2. The smallest absolute Gasteiger partial charge is 0.129 e. The molecular weight excluding hydrogens is 412 g/mol. The predicted octanol–water partition coefficient (Wildman–Crippen LogP) is 6.32. The van der Waals surface area contributed by atoms with Crippen molar-refractivity contribution in [1.82, 2.24) is 0 Å². The van der Waals surface area contributed by atoms with E-state index in [0.717, 1.165) is 13.1 Å². The van der Waals surface area contributed by atoms with Gasteiger partial charge in [0.1, 0.15) is 11.5 Å². The molecule has 2 aliphatic heterocycles. The molecule has 6 heteroatoms. The Morgan fingerprint density at radius 3 is 1.50 bits per heavy atom. The highest BCUT2D eigenvalue weighted by molar-refractivity contribution is 8.00. The lowest BCUT2D eigenvalue weighted by Crippen LogP contribution is -2.33. The fraction of sp³-hybridized carbons (Fsp3) is 0.333. The molecule has 0 radical (unpaired) electrons. The summed E-state index contributed by atoms with van der Waals surface area (Å²) in [7, 11) is 0. The molecule has 0 amide bonds. The standard InChI is InChI=1S/C24H26N2O2S2/c1-3-25-17-9-5-7-11-19(17)29-21(25)13-15-23(27)16(24(15)28)14-22-26(4-2)18-10-6-8-12-20(18)30-22/h5-12,21-22,27-28H,3-4,13-14H2,1-2H3. The molecule has 0 spiro atoms. The van der Waals surface area contributed by atoms with Crippen molar-refractivity contribution in [2.24, 2.45) is 0 Å². The highest BCUT2D eigenvalue weighted by atomic mass is 32.2. The van der Waals surface area contributed by atoms with Gasteiger partial charge >= 0.3 is 0 Å². The Morgan fingerprint density at radius 2 is 1.10 bits per heavy atom. The number of fused-ring (bicyclic) bond motifs is 2. The summed E-state index contributed by atoms with van der Waals surface area (Å²) in [5.74, 6) is 0.598. The summed E-state index contributed by atoms with van der Waals surface area (Å²) in [5, 5.41) is 22.0. The Morgan fingerprint density at radius 1 is 0.700 bits per heavy atom. The predicted molar refractivity (Wildman–Crippen MR) is 127 cm³/mol. The zero-order chi connectivity index (χ0) is 20.8. The van der Waals surface area contributed by atoms with E-state index in [9.17, 15) is 10.2 Å². The summed E-state index contributed by atoms with van der Waals surface area (Å²) in [6.45, 7) is 6.12. The van der Waals surface area contributed by atoms with Gasteiger partial charge in [0.05, 0.1) is 22.1 Å². The zero-order valence-corrected chi connectivity index (χ0v) is 18.8. The number of aliphatic hydroxyl groups is 2. The molecular formula is C24H26N2O2S2. The first-order valence-electron chi connectivity index (χ1n) is 10.5. The van der Waals surface area contributed by atoms with Gasteiger partial charge in [-0.25, -0.2) is 0 Å². The molecule has 156 valence electrons. The van der Waals surface area contributed by atoms with E-state index in [0.29, 0.717) is 35.5 Å². The van der Waals surface area contributed by atoms with Crippen LogP contribution >= 0.6 is 23.5 Å². The third kappa shape index (κ3) is 3.08. The summed E-state index contributed by atoms with van der Waals surface area (Å²) in [6.07, 6.45) is 1.29. The van der Waals surface area contributed by atoms with Crippen LogP contribution in [0.2, 0.25) is 0 Å². The molecule has 30 heavy (non-hydrogen) atoms. The highest BCUT2D eigenvalue weighted by Gasteiger charge is 2.38. The Kier molecular flexibility index (Phi) is 5.15. The van der Waals surface area contributed by atoms with Crippen molar-refractivity contribution in [3.63, 3.8) is 0 Å². The third-order valence-electron chi connectivity index (χ3n) is 6.15. The molecule has 0 saturated heterocycles. The van der Waals surface area contributed by atoms with E-state index in [1.807, 2.05) is 23.5 Å². The topological polar surface area (TPSA) is 46.9 Å². The quantitative estimate of drug-likeness (QED) is 0.550. The number of para-hydroxylation sites is 2. The highest BCUT2D eigenvalue weighted by Crippen LogP contribution is 2.50. The normalized spacial score (nSPS) is 22.5. The number of nitrogens with zero attached hydrogens (tertiary/aromatic N) is 2. The number of hydrogen-bond acceptors (Lipinski definition) is 6. The first-order chi connectivity index (χ1) is 14.6. The summed E-state index contributed by atoms with van der Waals surface area (Å²) >= 11 is 3.63. The summed E-state index contributed by atoms with van der Waals surface area (Å²) in [5.41, 5.74) is 3.91. The van der Waals surface area contributed by atoms with Gasteiger partial charge < -0.3 is 20.0 Å². The van der Waals surface area contributed by atoms with E-state index < -0.39 is 0 Å². The van der Waals surface area contributed by atoms with Crippen molar-refractivity contribution in [3.8, 4) is 0 Å². The first-order valence-corrected chi connectivity index (χ1v) is 12.3. The lowest BCUT2D eigenvalue weighted by atomic mass is 9.88. The number of thioether (sulfide) groups is 2. The molecule has 3 aliphatic rings. The van der Waals surface area contributed by atoms with Crippen LogP contribution in [0, 0.1) is 0 Å². The van der Waals surface area contributed by atoms with Gasteiger partial charge in [-0.2, -0.15) is 0 Å². The van der Waals surface area contributed by atoms with Crippen molar-refractivity contribution in [2.75, 3.05) is 22.9 Å². The summed E-state index contributed by atoms with van der Waals surface area (Å²) < 4.78 is 0. The van der Waals surface area contributed by atoms with Gasteiger partial charge in [-0.05, 0) is 38.1 Å². The van der Waals surface area contributed by atoms with Crippen LogP contribution in [0.3, 0.4) is 0 Å². The molecule has 0 fully saturated rings. The number of anilines is 2. The first kappa shape index (κ1) is 19.8. The number of aliphatic hydroxyl groups excluding tert-OH is 2. The Labute approximate surface area is 186 Å². The lowest BCUT2D eigenvalue weighted by Gasteiger charge is -2.32. The molecule has 2 unspecified atom stereocenters.